The molecule has 1 saturated carbocycles. The summed E-state index contributed by atoms with van der Waals surface area (Å²) in [6, 6.07) is 0. The highest BCUT2D eigenvalue weighted by Gasteiger charge is 2.21. The molecule has 104 valence electrons. The van der Waals surface area contributed by atoms with Crippen LogP contribution in [0.4, 0.5) is 0 Å². The molecule has 0 atom stereocenters. The zero-order valence-electron chi connectivity index (χ0n) is 10.9. The summed E-state index contributed by atoms with van der Waals surface area (Å²) in [5, 5.41) is 8.78. The first-order chi connectivity index (χ1) is 8.63. The zero-order valence-corrected chi connectivity index (χ0v) is 10.9. The summed E-state index contributed by atoms with van der Waals surface area (Å²) in [5.41, 5.74) is 5.41. The second-order valence-electron chi connectivity index (χ2n) is 5.06. The second-order valence-corrected chi connectivity index (χ2v) is 5.06. The monoisotopic (exact) mass is 256 g/mol. The van der Waals surface area contributed by atoms with E-state index in [1.54, 1.807) is 0 Å². The number of hydrogen-bond donors (Lipinski definition) is 2. The van der Waals surface area contributed by atoms with Gasteiger partial charge in [-0.1, -0.05) is 25.7 Å². The molecule has 1 amide bonds. The minimum atomic E-state index is -0.974. The van der Waals surface area contributed by atoms with E-state index in [9.17, 15) is 9.59 Å². The van der Waals surface area contributed by atoms with Crippen molar-refractivity contribution in [1.82, 2.24) is 4.90 Å². The van der Waals surface area contributed by atoms with Gasteiger partial charge >= 0.3 is 5.97 Å². The number of rotatable bonds is 6. The topological polar surface area (TPSA) is 83.6 Å². The Balaban J connectivity index is 2.45. The van der Waals surface area contributed by atoms with E-state index < -0.39 is 5.97 Å². The molecule has 0 unspecified atom stereocenters. The van der Waals surface area contributed by atoms with Crippen LogP contribution < -0.4 is 5.73 Å². The van der Waals surface area contributed by atoms with Crippen molar-refractivity contribution in [3.05, 3.63) is 0 Å². The minimum Gasteiger partial charge on any atom is -0.480 e. The Labute approximate surface area is 108 Å². The summed E-state index contributed by atoms with van der Waals surface area (Å²) in [7, 11) is 0. The third kappa shape index (κ3) is 5.49. The van der Waals surface area contributed by atoms with E-state index in [-0.39, 0.29) is 12.5 Å². The fourth-order valence-electron chi connectivity index (χ4n) is 2.56. The van der Waals surface area contributed by atoms with Gasteiger partial charge in [0.05, 0.1) is 0 Å². The maximum absolute atomic E-state index is 12.1. The average Bonchev–Trinajstić information content (AvgIpc) is 2.56. The fraction of sp³-hybridized carbons (Fsp3) is 0.846. The van der Waals surface area contributed by atoms with Gasteiger partial charge in [-0.15, -0.1) is 0 Å². The summed E-state index contributed by atoms with van der Waals surface area (Å²) in [5.74, 6) is -0.610. The van der Waals surface area contributed by atoms with Crippen LogP contribution in [0, 0.1) is 5.92 Å². The van der Waals surface area contributed by atoms with E-state index in [4.69, 9.17) is 10.8 Å². The molecule has 0 aliphatic heterocycles. The van der Waals surface area contributed by atoms with Crippen molar-refractivity contribution in [2.24, 2.45) is 11.7 Å². The summed E-state index contributed by atoms with van der Waals surface area (Å²) in [6.07, 6.45) is 7.55. The van der Waals surface area contributed by atoms with Crippen LogP contribution in [0.5, 0.6) is 0 Å². The molecule has 0 spiro atoms. The van der Waals surface area contributed by atoms with Gasteiger partial charge in [0.15, 0.2) is 0 Å². The summed E-state index contributed by atoms with van der Waals surface area (Å²) >= 11 is 0. The Morgan fingerprint density at radius 1 is 1.17 bits per heavy atom. The summed E-state index contributed by atoms with van der Waals surface area (Å²) < 4.78 is 0. The van der Waals surface area contributed by atoms with Gasteiger partial charge in [-0.05, 0) is 18.8 Å². The lowest BCUT2D eigenvalue weighted by atomic mass is 9.96. The van der Waals surface area contributed by atoms with E-state index in [2.05, 4.69) is 0 Å². The van der Waals surface area contributed by atoms with Crippen molar-refractivity contribution in [2.45, 2.75) is 44.9 Å². The molecule has 1 fully saturated rings. The Kier molecular flexibility index (Phi) is 6.72. The van der Waals surface area contributed by atoms with Gasteiger partial charge in [-0.3, -0.25) is 9.59 Å². The van der Waals surface area contributed by atoms with Crippen LogP contribution in [0.15, 0.2) is 0 Å². The third-order valence-electron chi connectivity index (χ3n) is 3.52. The average molecular weight is 256 g/mol. The Morgan fingerprint density at radius 2 is 1.78 bits per heavy atom. The van der Waals surface area contributed by atoms with E-state index in [1.807, 2.05) is 0 Å². The number of nitrogens with two attached hydrogens (primary N) is 1. The predicted molar refractivity (Wildman–Crippen MR) is 69.1 cm³/mol. The number of carboxylic acid groups (broad SMARTS) is 1. The normalized spacial score (nSPS) is 17.2. The van der Waals surface area contributed by atoms with Crippen molar-refractivity contribution in [1.29, 1.82) is 0 Å². The highest BCUT2D eigenvalue weighted by molar-refractivity contribution is 5.81. The van der Waals surface area contributed by atoms with Crippen LogP contribution in [-0.2, 0) is 9.59 Å². The van der Waals surface area contributed by atoms with Gasteiger partial charge in [0.1, 0.15) is 6.54 Å². The first-order valence-corrected chi connectivity index (χ1v) is 6.83. The lowest BCUT2D eigenvalue weighted by molar-refractivity contribution is -0.144. The van der Waals surface area contributed by atoms with Crippen molar-refractivity contribution in [3.8, 4) is 0 Å². The van der Waals surface area contributed by atoms with Crippen molar-refractivity contribution < 1.29 is 14.7 Å². The number of hydrogen-bond acceptors (Lipinski definition) is 3. The third-order valence-corrected chi connectivity index (χ3v) is 3.52. The maximum atomic E-state index is 12.1. The van der Waals surface area contributed by atoms with E-state index in [1.165, 1.54) is 30.6 Å². The first kappa shape index (κ1) is 15.0. The molecule has 0 radical (unpaired) electrons. The lowest BCUT2D eigenvalue weighted by Crippen LogP contribution is -2.39. The maximum Gasteiger partial charge on any atom is 0.323 e. The van der Waals surface area contributed by atoms with Gasteiger partial charge in [0.2, 0.25) is 5.91 Å². The highest BCUT2D eigenvalue weighted by Crippen LogP contribution is 2.25. The molecule has 1 aliphatic carbocycles. The largest absolute Gasteiger partial charge is 0.480 e. The van der Waals surface area contributed by atoms with Gasteiger partial charge in [0.25, 0.3) is 0 Å². The molecule has 0 aromatic carbocycles. The summed E-state index contributed by atoms with van der Waals surface area (Å²) in [4.78, 5) is 24.1. The second kappa shape index (κ2) is 8.08. The van der Waals surface area contributed by atoms with Crippen LogP contribution in [0.3, 0.4) is 0 Å². The van der Waals surface area contributed by atoms with Crippen LogP contribution >= 0.6 is 0 Å². The van der Waals surface area contributed by atoms with Crippen LogP contribution in [-0.4, -0.2) is 41.5 Å². The van der Waals surface area contributed by atoms with Gasteiger partial charge in [0, 0.05) is 19.5 Å². The number of amides is 1. The van der Waals surface area contributed by atoms with Crippen molar-refractivity contribution in [2.75, 3.05) is 19.6 Å². The Morgan fingerprint density at radius 3 is 2.28 bits per heavy atom. The van der Waals surface area contributed by atoms with E-state index >= 15 is 0 Å². The molecule has 0 bridgehead atoms. The van der Waals surface area contributed by atoms with Gasteiger partial charge in [-0.25, -0.2) is 0 Å². The highest BCUT2D eigenvalue weighted by atomic mass is 16.4. The SMILES string of the molecule is NCCN(CC(=O)O)C(=O)CC1CCCCCC1. The minimum absolute atomic E-state index is 0.0604. The number of nitrogens with zero attached hydrogens (tertiary/aromatic N) is 1. The van der Waals surface area contributed by atoms with E-state index in [0.29, 0.717) is 25.4 Å². The Hall–Kier alpha value is -1.10. The molecule has 0 heterocycles. The molecule has 1 rings (SSSR count). The van der Waals surface area contributed by atoms with Crippen LogP contribution in [0.25, 0.3) is 0 Å². The van der Waals surface area contributed by atoms with Gasteiger partial charge < -0.3 is 15.7 Å². The molecular formula is C13H24N2O3. The fourth-order valence-corrected chi connectivity index (χ4v) is 2.56. The van der Waals surface area contributed by atoms with Crippen LogP contribution in [0.2, 0.25) is 0 Å². The predicted octanol–water partition coefficient (Wildman–Crippen LogP) is 1.22. The molecule has 0 aromatic rings. The first-order valence-electron chi connectivity index (χ1n) is 6.83. The number of carbonyl (C=O) groups is 2. The molecule has 5 nitrogen and oxygen atoms in total. The standard InChI is InChI=1S/C13H24N2O3/c14-7-8-15(10-13(17)18)12(16)9-11-5-3-1-2-4-6-11/h11H,1-10,14H2,(H,17,18). The number of carbonyl (C=O) groups excluding carboxylic acids is 1. The molecule has 3 N–H and O–H groups in total. The van der Waals surface area contributed by atoms with Gasteiger partial charge in [-0.2, -0.15) is 0 Å². The molecule has 0 aromatic heterocycles. The zero-order chi connectivity index (χ0) is 13.4. The number of aliphatic carboxylic acids is 1. The number of carboxylic acids is 1. The summed E-state index contributed by atoms with van der Waals surface area (Å²) in [6.45, 7) is 0.407. The molecule has 1 aliphatic rings. The van der Waals surface area contributed by atoms with Crippen molar-refractivity contribution >= 4 is 11.9 Å². The Bertz CT molecular complexity index is 273. The molecule has 0 saturated heterocycles. The lowest BCUT2D eigenvalue weighted by Gasteiger charge is -2.22. The van der Waals surface area contributed by atoms with Crippen molar-refractivity contribution in [3.63, 3.8) is 0 Å². The molecule has 5 heteroatoms. The van der Waals surface area contributed by atoms with Crippen LogP contribution in [0.1, 0.15) is 44.9 Å². The smallest absolute Gasteiger partial charge is 0.323 e. The molecular weight excluding hydrogens is 232 g/mol. The quantitative estimate of drug-likeness (QED) is 0.700. The van der Waals surface area contributed by atoms with E-state index in [0.717, 1.165) is 12.8 Å². The molecule has 18 heavy (non-hydrogen) atoms.